The summed E-state index contributed by atoms with van der Waals surface area (Å²) in [5.74, 6) is -2.48. The molecule has 0 saturated heterocycles. The Hall–Kier alpha value is -2.49. The van der Waals surface area contributed by atoms with E-state index in [1.807, 2.05) is 0 Å². The smallest absolute Gasteiger partial charge is 0.326 e. The van der Waals surface area contributed by atoms with Crippen molar-refractivity contribution in [3.63, 3.8) is 0 Å². The van der Waals surface area contributed by atoms with Crippen LogP contribution in [-0.4, -0.2) is 58.9 Å². The predicted molar refractivity (Wildman–Crippen MR) is 133 cm³/mol. The molecule has 10 nitrogen and oxygen atoms in total. The fourth-order valence-corrected chi connectivity index (χ4v) is 3.66. The number of hydrogen-bond donors (Lipinski definition) is 5. The van der Waals surface area contributed by atoms with Crippen molar-refractivity contribution in [1.82, 2.24) is 10.6 Å². The molecule has 0 spiro atoms. The van der Waals surface area contributed by atoms with Gasteiger partial charge in [0, 0.05) is 25.8 Å². The molecule has 10 heteroatoms. The van der Waals surface area contributed by atoms with Crippen LogP contribution in [-0.2, 0) is 24.0 Å². The molecule has 0 aliphatic heterocycles. The van der Waals surface area contributed by atoms with Gasteiger partial charge in [-0.25, -0.2) is 4.79 Å². The van der Waals surface area contributed by atoms with Crippen LogP contribution in [0.2, 0.25) is 0 Å². The van der Waals surface area contributed by atoms with Crippen molar-refractivity contribution in [3.8, 4) is 0 Å². The molecule has 0 aliphatic rings. The number of carbonyl (C=O) groups excluding carboxylic acids is 3. The number of carboxylic acid groups (broad SMARTS) is 2. The van der Waals surface area contributed by atoms with Gasteiger partial charge in [-0.3, -0.25) is 14.4 Å². The van der Waals surface area contributed by atoms with E-state index < -0.39 is 24.0 Å². The fourth-order valence-electron chi connectivity index (χ4n) is 3.66. The van der Waals surface area contributed by atoms with Crippen LogP contribution >= 0.6 is 0 Å². The van der Waals surface area contributed by atoms with Gasteiger partial charge in [0.05, 0.1) is 6.04 Å². The standard InChI is InChI=1S/C25H45N3O7/c26-20(19-29)13-11-12-18-27-22(30)17-16-21(25(34)35)28-23(31)14-9-7-5-3-1-2-4-6-8-10-15-24(32)33/h19-21H,1-18,26H2,(H,27,30)(H,28,31)(H,32,33)(H,34,35)/t20-,21-/m0/s1. The number of amides is 2. The van der Waals surface area contributed by atoms with Gasteiger partial charge in [0.2, 0.25) is 11.8 Å². The van der Waals surface area contributed by atoms with Crippen molar-refractivity contribution in [2.75, 3.05) is 6.54 Å². The van der Waals surface area contributed by atoms with E-state index in [1.165, 1.54) is 0 Å². The van der Waals surface area contributed by atoms with E-state index >= 15 is 0 Å². The second-order valence-electron chi connectivity index (χ2n) is 9.07. The van der Waals surface area contributed by atoms with Gasteiger partial charge >= 0.3 is 11.9 Å². The summed E-state index contributed by atoms with van der Waals surface area (Å²) < 4.78 is 0. The van der Waals surface area contributed by atoms with E-state index in [1.54, 1.807) is 0 Å². The number of aldehydes is 1. The lowest BCUT2D eigenvalue weighted by Crippen LogP contribution is -2.41. The van der Waals surface area contributed by atoms with E-state index in [2.05, 4.69) is 10.6 Å². The number of carboxylic acids is 2. The molecule has 0 unspecified atom stereocenters. The number of nitrogens with one attached hydrogen (secondary N) is 2. The molecule has 0 bridgehead atoms. The van der Waals surface area contributed by atoms with Gasteiger partial charge in [-0.15, -0.1) is 0 Å². The molecule has 0 aliphatic carbocycles. The molecule has 0 radical (unpaired) electrons. The normalized spacial score (nSPS) is 12.5. The first-order valence-corrected chi connectivity index (χ1v) is 13.0. The Morgan fingerprint density at radius 1 is 0.686 bits per heavy atom. The van der Waals surface area contributed by atoms with Gasteiger partial charge in [-0.05, 0) is 38.5 Å². The van der Waals surface area contributed by atoms with Crippen molar-refractivity contribution >= 4 is 30.0 Å². The molecule has 202 valence electrons. The first-order valence-electron chi connectivity index (χ1n) is 13.0. The van der Waals surface area contributed by atoms with E-state index in [0.717, 1.165) is 57.8 Å². The Morgan fingerprint density at radius 2 is 1.23 bits per heavy atom. The molecule has 2 atom stereocenters. The molecule has 2 amide bonds. The summed E-state index contributed by atoms with van der Waals surface area (Å²) in [6, 6.07) is -1.57. The van der Waals surface area contributed by atoms with Gasteiger partial charge < -0.3 is 31.4 Å². The van der Waals surface area contributed by atoms with Crippen LogP contribution in [0.1, 0.15) is 109 Å². The third-order valence-electron chi connectivity index (χ3n) is 5.80. The van der Waals surface area contributed by atoms with Crippen LogP contribution in [0.25, 0.3) is 0 Å². The molecule has 0 rings (SSSR count). The third-order valence-corrected chi connectivity index (χ3v) is 5.80. The molecule has 0 aromatic carbocycles. The average molecular weight is 500 g/mol. The summed E-state index contributed by atoms with van der Waals surface area (Å²) in [4.78, 5) is 56.3. The Kier molecular flexibility index (Phi) is 20.4. The summed E-state index contributed by atoms with van der Waals surface area (Å²) in [7, 11) is 0. The van der Waals surface area contributed by atoms with E-state index in [4.69, 9.17) is 10.8 Å². The van der Waals surface area contributed by atoms with Crippen molar-refractivity contribution in [1.29, 1.82) is 0 Å². The second kappa shape index (κ2) is 22.0. The molecule has 6 N–H and O–H groups in total. The quantitative estimate of drug-likeness (QED) is 0.0994. The van der Waals surface area contributed by atoms with Crippen molar-refractivity contribution in [3.05, 3.63) is 0 Å². The Bertz CT molecular complexity index is 628. The molecule has 0 aromatic heterocycles. The number of aliphatic carboxylic acids is 2. The molecule has 0 aromatic rings. The zero-order chi connectivity index (χ0) is 26.3. The average Bonchev–Trinajstić information content (AvgIpc) is 2.81. The van der Waals surface area contributed by atoms with Crippen LogP contribution < -0.4 is 16.4 Å². The summed E-state index contributed by atoms with van der Waals surface area (Å²) in [6.45, 7) is 0.432. The van der Waals surface area contributed by atoms with Gasteiger partial charge in [-0.1, -0.05) is 51.4 Å². The van der Waals surface area contributed by atoms with Crippen molar-refractivity contribution < 1.29 is 34.2 Å². The highest BCUT2D eigenvalue weighted by Crippen LogP contribution is 2.12. The molecule has 0 fully saturated rings. The Morgan fingerprint density at radius 3 is 1.74 bits per heavy atom. The number of rotatable bonds is 24. The highest BCUT2D eigenvalue weighted by Gasteiger charge is 2.20. The van der Waals surface area contributed by atoms with Gasteiger partial charge in [0.15, 0.2) is 0 Å². The summed E-state index contributed by atoms with van der Waals surface area (Å²) in [6.07, 6.45) is 13.1. The summed E-state index contributed by atoms with van der Waals surface area (Å²) in [5, 5.41) is 23.1. The van der Waals surface area contributed by atoms with Crippen LogP contribution in [0.5, 0.6) is 0 Å². The number of carbonyl (C=O) groups is 5. The molecule has 0 saturated carbocycles. The maximum Gasteiger partial charge on any atom is 0.326 e. The van der Waals surface area contributed by atoms with Gasteiger partial charge in [0.1, 0.15) is 12.3 Å². The zero-order valence-corrected chi connectivity index (χ0v) is 21.0. The number of unbranched alkanes of at least 4 members (excludes halogenated alkanes) is 10. The van der Waals surface area contributed by atoms with E-state index in [-0.39, 0.29) is 37.5 Å². The lowest BCUT2D eigenvalue weighted by molar-refractivity contribution is -0.142. The minimum atomic E-state index is -1.16. The lowest BCUT2D eigenvalue weighted by atomic mass is 10.0. The summed E-state index contributed by atoms with van der Waals surface area (Å²) >= 11 is 0. The van der Waals surface area contributed by atoms with E-state index in [9.17, 15) is 29.1 Å². The van der Waals surface area contributed by atoms with Gasteiger partial charge in [-0.2, -0.15) is 0 Å². The van der Waals surface area contributed by atoms with Crippen LogP contribution in [0.3, 0.4) is 0 Å². The minimum absolute atomic E-state index is 0.00462. The van der Waals surface area contributed by atoms with Gasteiger partial charge in [0.25, 0.3) is 0 Å². The molecule has 35 heavy (non-hydrogen) atoms. The number of hydrogen-bond acceptors (Lipinski definition) is 6. The predicted octanol–water partition coefficient (Wildman–Crippen LogP) is 2.91. The largest absolute Gasteiger partial charge is 0.481 e. The minimum Gasteiger partial charge on any atom is -0.481 e. The third kappa shape index (κ3) is 21.8. The fraction of sp³-hybridized carbons (Fsp3) is 0.800. The van der Waals surface area contributed by atoms with Crippen LogP contribution in [0.4, 0.5) is 0 Å². The van der Waals surface area contributed by atoms with Crippen molar-refractivity contribution in [2.24, 2.45) is 5.73 Å². The SMILES string of the molecule is N[C@H](C=O)CCCCNC(=O)CC[C@H](NC(=O)CCCCCCCCCCCCC(=O)O)C(=O)O. The number of nitrogens with two attached hydrogens (primary N) is 1. The van der Waals surface area contributed by atoms with Crippen LogP contribution in [0.15, 0.2) is 0 Å². The first kappa shape index (κ1) is 32.5. The Balaban J connectivity index is 3.78. The monoisotopic (exact) mass is 499 g/mol. The lowest BCUT2D eigenvalue weighted by Gasteiger charge is -2.14. The molecule has 0 heterocycles. The van der Waals surface area contributed by atoms with Crippen LogP contribution in [0, 0.1) is 0 Å². The first-order chi connectivity index (χ1) is 16.8. The second-order valence-corrected chi connectivity index (χ2v) is 9.07. The van der Waals surface area contributed by atoms with Crippen molar-refractivity contribution in [2.45, 2.75) is 121 Å². The molecular formula is C25H45N3O7. The highest BCUT2D eigenvalue weighted by molar-refractivity contribution is 5.84. The Labute approximate surface area is 208 Å². The topological polar surface area (TPSA) is 176 Å². The maximum absolute atomic E-state index is 12.1. The summed E-state index contributed by atoms with van der Waals surface area (Å²) in [5.41, 5.74) is 5.49. The molecular weight excluding hydrogens is 454 g/mol. The van der Waals surface area contributed by atoms with E-state index in [0.29, 0.717) is 38.5 Å². The zero-order valence-electron chi connectivity index (χ0n) is 21.0. The maximum atomic E-state index is 12.1. The highest BCUT2D eigenvalue weighted by atomic mass is 16.4.